The molecule has 3 rings (SSSR count). The van der Waals surface area contributed by atoms with Crippen molar-refractivity contribution in [2.24, 2.45) is 5.73 Å². The van der Waals surface area contributed by atoms with E-state index in [1.807, 2.05) is 24.3 Å². The van der Waals surface area contributed by atoms with Gasteiger partial charge in [-0.05, 0) is 22.8 Å². The molecule has 104 valence electrons. The van der Waals surface area contributed by atoms with E-state index in [1.165, 1.54) is 0 Å². The molecule has 0 bridgehead atoms. The van der Waals surface area contributed by atoms with Crippen LogP contribution >= 0.6 is 0 Å². The molecule has 1 atom stereocenters. The Morgan fingerprint density at radius 2 is 1.60 bits per heavy atom. The van der Waals surface area contributed by atoms with Crippen LogP contribution < -0.4 is 19.9 Å². The maximum Gasteiger partial charge on any atom is 0.203 e. The van der Waals surface area contributed by atoms with E-state index >= 15 is 0 Å². The summed E-state index contributed by atoms with van der Waals surface area (Å²) in [7, 11) is 4.84. The van der Waals surface area contributed by atoms with Crippen LogP contribution in [0.1, 0.15) is 17.2 Å². The topological polar surface area (TPSA) is 53.7 Å². The SMILES string of the molecule is COc1cc2c(c(OC)c1OC)-c1ccccc1C2N. The van der Waals surface area contributed by atoms with Gasteiger partial charge >= 0.3 is 0 Å². The van der Waals surface area contributed by atoms with Crippen LogP contribution in [0.2, 0.25) is 0 Å². The number of methoxy groups -OCH3 is 3. The largest absolute Gasteiger partial charge is 0.493 e. The Balaban J connectivity index is 2.37. The van der Waals surface area contributed by atoms with E-state index in [1.54, 1.807) is 21.3 Å². The molecule has 20 heavy (non-hydrogen) atoms. The van der Waals surface area contributed by atoms with Crippen molar-refractivity contribution in [3.05, 3.63) is 41.5 Å². The quantitative estimate of drug-likeness (QED) is 0.932. The van der Waals surface area contributed by atoms with Crippen molar-refractivity contribution in [1.82, 2.24) is 0 Å². The highest BCUT2D eigenvalue weighted by Gasteiger charge is 2.32. The molecule has 2 aromatic carbocycles. The van der Waals surface area contributed by atoms with Crippen LogP contribution in [0.4, 0.5) is 0 Å². The van der Waals surface area contributed by atoms with E-state index < -0.39 is 0 Å². The summed E-state index contributed by atoms with van der Waals surface area (Å²) in [6.45, 7) is 0. The molecule has 1 unspecified atom stereocenters. The lowest BCUT2D eigenvalue weighted by molar-refractivity contribution is 0.325. The number of hydrogen-bond acceptors (Lipinski definition) is 4. The molecule has 4 nitrogen and oxygen atoms in total. The molecule has 0 fully saturated rings. The molecule has 0 heterocycles. The lowest BCUT2D eigenvalue weighted by atomic mass is 10.0. The zero-order chi connectivity index (χ0) is 14.3. The minimum Gasteiger partial charge on any atom is -0.493 e. The molecule has 0 radical (unpaired) electrons. The lowest BCUT2D eigenvalue weighted by Gasteiger charge is -2.17. The smallest absolute Gasteiger partial charge is 0.203 e. The number of benzene rings is 2. The molecule has 2 N–H and O–H groups in total. The Kier molecular flexibility index (Phi) is 3.03. The number of ether oxygens (including phenoxy) is 3. The third-order valence-electron chi connectivity index (χ3n) is 3.76. The van der Waals surface area contributed by atoms with E-state index in [2.05, 4.69) is 6.07 Å². The first-order chi connectivity index (χ1) is 9.72. The molecule has 0 saturated carbocycles. The fourth-order valence-electron chi connectivity index (χ4n) is 2.86. The molecule has 1 aliphatic rings. The third kappa shape index (κ3) is 1.58. The van der Waals surface area contributed by atoms with Crippen molar-refractivity contribution in [1.29, 1.82) is 0 Å². The Morgan fingerprint density at radius 3 is 2.25 bits per heavy atom. The highest BCUT2D eigenvalue weighted by Crippen LogP contribution is 2.53. The number of nitrogens with two attached hydrogens (primary N) is 1. The molecular weight excluding hydrogens is 254 g/mol. The Morgan fingerprint density at radius 1 is 0.900 bits per heavy atom. The predicted molar refractivity (Wildman–Crippen MR) is 77.6 cm³/mol. The van der Waals surface area contributed by atoms with Gasteiger partial charge in [-0.1, -0.05) is 24.3 Å². The maximum atomic E-state index is 6.34. The van der Waals surface area contributed by atoms with Crippen molar-refractivity contribution < 1.29 is 14.2 Å². The molecular formula is C16H17NO3. The number of hydrogen-bond donors (Lipinski definition) is 1. The van der Waals surface area contributed by atoms with Crippen molar-refractivity contribution >= 4 is 0 Å². The Bertz CT molecular complexity index is 667. The third-order valence-corrected chi connectivity index (χ3v) is 3.76. The minimum atomic E-state index is -0.171. The predicted octanol–water partition coefficient (Wildman–Crippen LogP) is 2.74. The van der Waals surface area contributed by atoms with E-state index in [-0.39, 0.29) is 6.04 Å². The molecule has 0 spiro atoms. The van der Waals surface area contributed by atoms with Crippen LogP contribution in [0.25, 0.3) is 11.1 Å². The summed E-state index contributed by atoms with van der Waals surface area (Å²) in [5.41, 5.74) is 10.5. The molecule has 0 amide bonds. The first-order valence-electron chi connectivity index (χ1n) is 6.40. The van der Waals surface area contributed by atoms with Gasteiger partial charge in [0.25, 0.3) is 0 Å². The highest BCUT2D eigenvalue weighted by molar-refractivity contribution is 5.87. The molecule has 0 aliphatic heterocycles. The fourth-order valence-corrected chi connectivity index (χ4v) is 2.86. The second-order valence-corrected chi connectivity index (χ2v) is 4.67. The van der Waals surface area contributed by atoms with Gasteiger partial charge in [0, 0.05) is 5.56 Å². The maximum absolute atomic E-state index is 6.34. The second-order valence-electron chi connectivity index (χ2n) is 4.67. The van der Waals surface area contributed by atoms with E-state index in [0.717, 1.165) is 22.3 Å². The van der Waals surface area contributed by atoms with E-state index in [0.29, 0.717) is 17.2 Å². The summed E-state index contributed by atoms with van der Waals surface area (Å²) in [5, 5.41) is 0. The van der Waals surface area contributed by atoms with Gasteiger partial charge in [-0.25, -0.2) is 0 Å². The Hall–Kier alpha value is -2.20. The van der Waals surface area contributed by atoms with Crippen molar-refractivity contribution in [2.45, 2.75) is 6.04 Å². The van der Waals surface area contributed by atoms with Gasteiger partial charge in [-0.15, -0.1) is 0 Å². The molecule has 2 aromatic rings. The molecule has 1 aliphatic carbocycles. The van der Waals surface area contributed by atoms with Crippen molar-refractivity contribution in [3.8, 4) is 28.4 Å². The van der Waals surface area contributed by atoms with Gasteiger partial charge in [0.1, 0.15) is 0 Å². The van der Waals surface area contributed by atoms with Crippen LogP contribution in [0.3, 0.4) is 0 Å². The zero-order valence-corrected chi connectivity index (χ0v) is 11.8. The normalized spacial score (nSPS) is 15.5. The average molecular weight is 271 g/mol. The van der Waals surface area contributed by atoms with E-state index in [9.17, 15) is 0 Å². The van der Waals surface area contributed by atoms with E-state index in [4.69, 9.17) is 19.9 Å². The van der Waals surface area contributed by atoms with Crippen LogP contribution in [0.15, 0.2) is 30.3 Å². The van der Waals surface area contributed by atoms with Crippen molar-refractivity contribution in [3.63, 3.8) is 0 Å². The average Bonchev–Trinajstić information content (AvgIpc) is 2.78. The van der Waals surface area contributed by atoms with Crippen LogP contribution in [0, 0.1) is 0 Å². The minimum absolute atomic E-state index is 0.171. The van der Waals surface area contributed by atoms with Gasteiger partial charge in [0.15, 0.2) is 11.5 Å². The van der Waals surface area contributed by atoms with Crippen LogP contribution in [0.5, 0.6) is 17.2 Å². The molecule has 4 heteroatoms. The summed E-state index contributed by atoms with van der Waals surface area (Å²) < 4.78 is 16.4. The standard InChI is InChI=1S/C16H17NO3/c1-18-12-8-11-13(16(20-3)15(12)19-2)9-6-4-5-7-10(9)14(11)17/h4-8,14H,17H2,1-3H3. The fraction of sp³-hybridized carbons (Fsp3) is 0.250. The Labute approximate surface area is 118 Å². The number of rotatable bonds is 3. The van der Waals surface area contributed by atoms with Crippen LogP contribution in [-0.2, 0) is 0 Å². The van der Waals surface area contributed by atoms with Crippen LogP contribution in [-0.4, -0.2) is 21.3 Å². The molecule has 0 aromatic heterocycles. The number of fused-ring (bicyclic) bond motifs is 3. The van der Waals surface area contributed by atoms with Crippen molar-refractivity contribution in [2.75, 3.05) is 21.3 Å². The van der Waals surface area contributed by atoms with Gasteiger partial charge < -0.3 is 19.9 Å². The van der Waals surface area contributed by atoms with Gasteiger partial charge in [-0.3, -0.25) is 0 Å². The van der Waals surface area contributed by atoms with Gasteiger partial charge in [-0.2, -0.15) is 0 Å². The van der Waals surface area contributed by atoms with Gasteiger partial charge in [0.2, 0.25) is 5.75 Å². The summed E-state index contributed by atoms with van der Waals surface area (Å²) >= 11 is 0. The summed E-state index contributed by atoms with van der Waals surface area (Å²) in [4.78, 5) is 0. The highest BCUT2D eigenvalue weighted by atomic mass is 16.5. The second kappa shape index (κ2) is 4.72. The lowest BCUT2D eigenvalue weighted by Crippen LogP contribution is -2.08. The summed E-state index contributed by atoms with van der Waals surface area (Å²) in [6.07, 6.45) is 0. The monoisotopic (exact) mass is 271 g/mol. The van der Waals surface area contributed by atoms with Gasteiger partial charge in [0.05, 0.1) is 27.4 Å². The summed E-state index contributed by atoms with van der Waals surface area (Å²) in [6, 6.07) is 9.84. The first-order valence-corrected chi connectivity index (χ1v) is 6.40. The summed E-state index contributed by atoms with van der Waals surface area (Å²) in [5.74, 6) is 1.89. The first kappa shape index (κ1) is 12.8. The zero-order valence-electron chi connectivity index (χ0n) is 11.8. The molecule has 0 saturated heterocycles.